The summed E-state index contributed by atoms with van der Waals surface area (Å²) in [6.45, 7) is 1.91. The van der Waals surface area contributed by atoms with Gasteiger partial charge in [-0.05, 0) is 59.9 Å². The van der Waals surface area contributed by atoms with Crippen molar-refractivity contribution < 1.29 is 9.18 Å². The molecule has 1 aromatic heterocycles. The third-order valence-corrected chi connectivity index (χ3v) is 5.08. The van der Waals surface area contributed by atoms with Gasteiger partial charge in [-0.25, -0.2) is 14.4 Å². The van der Waals surface area contributed by atoms with E-state index in [2.05, 4.69) is 15.3 Å². The molecule has 0 saturated carbocycles. The quantitative estimate of drug-likeness (QED) is 0.747. The van der Waals surface area contributed by atoms with Crippen molar-refractivity contribution in [3.05, 3.63) is 77.1 Å². The predicted molar refractivity (Wildman–Crippen MR) is 98.6 cm³/mol. The van der Waals surface area contributed by atoms with Crippen LogP contribution in [0.15, 0.2) is 55.1 Å². The Morgan fingerprint density at radius 2 is 1.81 bits per heavy atom. The fourth-order valence-electron chi connectivity index (χ4n) is 3.35. The van der Waals surface area contributed by atoms with E-state index in [0.29, 0.717) is 6.42 Å². The number of aromatic nitrogens is 2. The summed E-state index contributed by atoms with van der Waals surface area (Å²) in [6, 6.07) is 10.3. The molecular formula is C20H15ClFN3O. The Kier molecular flexibility index (Phi) is 3.96. The van der Waals surface area contributed by atoms with Gasteiger partial charge in [0, 0.05) is 18.1 Å². The normalized spacial score (nSPS) is 18.5. The molecule has 2 heterocycles. The summed E-state index contributed by atoms with van der Waals surface area (Å²) in [6.07, 6.45) is 5.38. The zero-order valence-corrected chi connectivity index (χ0v) is 14.7. The van der Waals surface area contributed by atoms with Crippen LogP contribution in [0.1, 0.15) is 18.1 Å². The molecule has 4 rings (SSSR count). The number of fused-ring (bicyclic) bond motifs is 1. The molecule has 0 saturated heterocycles. The molecule has 130 valence electrons. The Bertz CT molecular complexity index is 1010. The van der Waals surface area contributed by atoms with Crippen molar-refractivity contribution >= 4 is 23.2 Å². The van der Waals surface area contributed by atoms with E-state index in [1.807, 2.05) is 25.1 Å². The van der Waals surface area contributed by atoms with Crippen LogP contribution in [0.5, 0.6) is 0 Å². The number of nitrogens with zero attached hydrogens (tertiary/aromatic N) is 2. The number of halogens is 2. The molecule has 1 N–H and O–H groups in total. The van der Waals surface area contributed by atoms with Gasteiger partial charge in [-0.3, -0.25) is 4.79 Å². The molecule has 1 unspecified atom stereocenters. The second kappa shape index (κ2) is 6.18. The zero-order chi connectivity index (χ0) is 18.3. The molecule has 0 radical (unpaired) electrons. The van der Waals surface area contributed by atoms with Crippen molar-refractivity contribution in [1.29, 1.82) is 0 Å². The first-order chi connectivity index (χ1) is 12.5. The Morgan fingerprint density at radius 3 is 2.54 bits per heavy atom. The largest absolute Gasteiger partial charge is 0.325 e. The first kappa shape index (κ1) is 16.7. The zero-order valence-electron chi connectivity index (χ0n) is 14.0. The number of hydrogen-bond acceptors (Lipinski definition) is 3. The van der Waals surface area contributed by atoms with Gasteiger partial charge in [-0.15, -0.1) is 0 Å². The van der Waals surface area contributed by atoms with Crippen LogP contribution in [0.25, 0.3) is 11.1 Å². The molecule has 0 aliphatic carbocycles. The van der Waals surface area contributed by atoms with E-state index >= 15 is 0 Å². The standard InChI is InChI=1S/C20H15ClFN3O/c1-20(8-12-9-23-11-24-10-12)15-6-13(3-5-18(15)25-19(20)26)14-2-4-17(22)16(21)7-14/h2-7,9-11H,8H2,1H3,(H,25,26). The van der Waals surface area contributed by atoms with E-state index in [9.17, 15) is 9.18 Å². The maximum Gasteiger partial charge on any atom is 0.235 e. The van der Waals surface area contributed by atoms with Crippen LogP contribution in [0.4, 0.5) is 10.1 Å². The van der Waals surface area contributed by atoms with Crippen molar-refractivity contribution in [2.45, 2.75) is 18.8 Å². The van der Waals surface area contributed by atoms with Gasteiger partial charge in [0.25, 0.3) is 0 Å². The molecule has 1 aliphatic heterocycles. The number of rotatable bonds is 3. The van der Waals surface area contributed by atoms with E-state index in [1.54, 1.807) is 24.5 Å². The van der Waals surface area contributed by atoms with Gasteiger partial charge < -0.3 is 5.32 Å². The van der Waals surface area contributed by atoms with Crippen molar-refractivity contribution in [1.82, 2.24) is 9.97 Å². The third kappa shape index (κ3) is 2.74. The van der Waals surface area contributed by atoms with Crippen LogP contribution in [-0.4, -0.2) is 15.9 Å². The van der Waals surface area contributed by atoms with E-state index in [0.717, 1.165) is 27.9 Å². The van der Waals surface area contributed by atoms with Gasteiger partial charge in [0.15, 0.2) is 0 Å². The van der Waals surface area contributed by atoms with Crippen LogP contribution in [0.2, 0.25) is 5.02 Å². The number of hydrogen-bond donors (Lipinski definition) is 1. The summed E-state index contributed by atoms with van der Waals surface area (Å²) in [7, 11) is 0. The predicted octanol–water partition coefficient (Wildman–Crippen LogP) is 4.39. The highest BCUT2D eigenvalue weighted by Gasteiger charge is 2.42. The highest BCUT2D eigenvalue weighted by molar-refractivity contribution is 6.31. The third-order valence-electron chi connectivity index (χ3n) is 4.79. The van der Waals surface area contributed by atoms with Gasteiger partial charge in [-0.1, -0.05) is 23.7 Å². The lowest BCUT2D eigenvalue weighted by Gasteiger charge is -2.22. The number of nitrogens with one attached hydrogen (secondary N) is 1. The van der Waals surface area contributed by atoms with E-state index < -0.39 is 11.2 Å². The number of benzene rings is 2. The lowest BCUT2D eigenvalue weighted by atomic mass is 9.78. The van der Waals surface area contributed by atoms with Crippen LogP contribution < -0.4 is 5.32 Å². The molecule has 1 aliphatic rings. The average Bonchev–Trinajstić information content (AvgIpc) is 2.88. The molecule has 3 aromatic rings. The second-order valence-corrected chi connectivity index (χ2v) is 7.01. The van der Waals surface area contributed by atoms with Gasteiger partial charge >= 0.3 is 0 Å². The summed E-state index contributed by atoms with van der Waals surface area (Å²) < 4.78 is 13.5. The van der Waals surface area contributed by atoms with Crippen LogP contribution in [0.3, 0.4) is 0 Å². The van der Waals surface area contributed by atoms with Gasteiger partial charge in [0.2, 0.25) is 5.91 Å². The molecule has 4 nitrogen and oxygen atoms in total. The van der Waals surface area contributed by atoms with Crippen molar-refractivity contribution in [3.8, 4) is 11.1 Å². The maximum atomic E-state index is 13.5. The molecular weight excluding hydrogens is 353 g/mol. The monoisotopic (exact) mass is 367 g/mol. The van der Waals surface area contributed by atoms with E-state index in [-0.39, 0.29) is 10.9 Å². The smallest absolute Gasteiger partial charge is 0.235 e. The number of carbonyl (C=O) groups excluding carboxylic acids is 1. The molecule has 0 spiro atoms. The minimum absolute atomic E-state index is 0.0642. The number of carbonyl (C=O) groups is 1. The molecule has 1 amide bonds. The minimum Gasteiger partial charge on any atom is -0.325 e. The SMILES string of the molecule is CC1(Cc2cncnc2)C(=O)Nc2ccc(-c3ccc(F)c(Cl)c3)cc21. The van der Waals surface area contributed by atoms with Gasteiger partial charge in [0.05, 0.1) is 10.4 Å². The topological polar surface area (TPSA) is 54.9 Å². The molecule has 1 atom stereocenters. The number of anilines is 1. The second-order valence-electron chi connectivity index (χ2n) is 6.60. The lowest BCUT2D eigenvalue weighted by Crippen LogP contribution is -2.33. The molecule has 6 heteroatoms. The lowest BCUT2D eigenvalue weighted by molar-refractivity contribution is -0.120. The summed E-state index contributed by atoms with van der Waals surface area (Å²) in [5, 5.41) is 3.01. The Hall–Kier alpha value is -2.79. The van der Waals surface area contributed by atoms with Crippen LogP contribution in [0, 0.1) is 5.82 Å². The Labute approximate surface area is 155 Å². The highest BCUT2D eigenvalue weighted by Crippen LogP contribution is 2.42. The van der Waals surface area contributed by atoms with Gasteiger partial charge in [-0.2, -0.15) is 0 Å². The van der Waals surface area contributed by atoms with Crippen molar-refractivity contribution in [2.75, 3.05) is 5.32 Å². The fraction of sp³-hybridized carbons (Fsp3) is 0.150. The van der Waals surface area contributed by atoms with Crippen LogP contribution in [-0.2, 0) is 16.6 Å². The summed E-state index contributed by atoms with van der Waals surface area (Å²) >= 11 is 5.91. The molecule has 2 aromatic carbocycles. The first-order valence-electron chi connectivity index (χ1n) is 8.13. The molecule has 0 bridgehead atoms. The van der Waals surface area contributed by atoms with Crippen LogP contribution >= 0.6 is 11.6 Å². The fourth-order valence-corrected chi connectivity index (χ4v) is 3.53. The first-order valence-corrected chi connectivity index (χ1v) is 8.50. The van der Waals surface area contributed by atoms with Crippen molar-refractivity contribution in [2.24, 2.45) is 0 Å². The number of amides is 1. The van der Waals surface area contributed by atoms with Gasteiger partial charge in [0.1, 0.15) is 12.1 Å². The summed E-state index contributed by atoms with van der Waals surface area (Å²) in [5.41, 5.74) is 3.49. The Balaban J connectivity index is 1.78. The summed E-state index contributed by atoms with van der Waals surface area (Å²) in [5.74, 6) is -0.520. The average molecular weight is 368 g/mol. The molecule has 0 fully saturated rings. The highest BCUT2D eigenvalue weighted by atomic mass is 35.5. The van der Waals surface area contributed by atoms with E-state index in [4.69, 9.17) is 11.6 Å². The maximum absolute atomic E-state index is 13.5. The van der Waals surface area contributed by atoms with E-state index in [1.165, 1.54) is 12.4 Å². The van der Waals surface area contributed by atoms with Crippen molar-refractivity contribution in [3.63, 3.8) is 0 Å². The minimum atomic E-state index is -0.736. The summed E-state index contributed by atoms with van der Waals surface area (Å²) in [4.78, 5) is 20.7. The Morgan fingerprint density at radius 1 is 1.12 bits per heavy atom. The molecule has 26 heavy (non-hydrogen) atoms.